The lowest BCUT2D eigenvalue weighted by Crippen LogP contribution is -2.39. The van der Waals surface area contributed by atoms with Gasteiger partial charge in [-0.1, -0.05) is 0 Å². The fourth-order valence-corrected chi connectivity index (χ4v) is 3.86. The smallest absolute Gasteiger partial charge is 0.335 e. The van der Waals surface area contributed by atoms with Crippen LogP contribution < -0.4 is 4.72 Å². The normalized spacial score (nSPS) is 21.1. The van der Waals surface area contributed by atoms with Gasteiger partial charge in [-0.15, -0.1) is 0 Å². The first-order valence-electron chi connectivity index (χ1n) is 7.26. The third kappa shape index (κ3) is 4.73. The highest BCUT2D eigenvalue weighted by molar-refractivity contribution is 7.89. The van der Waals surface area contributed by atoms with Crippen LogP contribution in [0.5, 0.6) is 0 Å². The highest BCUT2D eigenvalue weighted by Gasteiger charge is 2.29. The lowest BCUT2D eigenvalue weighted by molar-refractivity contribution is -0.0711. The summed E-state index contributed by atoms with van der Waals surface area (Å²) in [4.78, 5) is 10.5. The third-order valence-corrected chi connectivity index (χ3v) is 5.19. The number of nitrogens with one attached hydrogen (secondary N) is 1. The van der Waals surface area contributed by atoms with Gasteiger partial charge in [0.1, 0.15) is 5.82 Å². The number of halogens is 1. The topological polar surface area (TPSA) is 92.7 Å². The molecule has 1 heterocycles. The van der Waals surface area contributed by atoms with E-state index >= 15 is 0 Å². The summed E-state index contributed by atoms with van der Waals surface area (Å²) in [5.74, 6) is -2.18. The van der Waals surface area contributed by atoms with Crippen LogP contribution >= 0.6 is 0 Å². The zero-order valence-corrected chi connectivity index (χ0v) is 13.8. The quantitative estimate of drug-likeness (QED) is 0.851. The van der Waals surface area contributed by atoms with Gasteiger partial charge in [-0.05, 0) is 50.8 Å². The Morgan fingerprint density at radius 3 is 2.74 bits per heavy atom. The Bertz CT molecular complexity index is 702. The van der Waals surface area contributed by atoms with Gasteiger partial charge >= 0.3 is 5.97 Å². The number of carboxylic acids is 1. The maximum absolute atomic E-state index is 13.4. The second-order valence-corrected chi connectivity index (χ2v) is 8.07. The summed E-state index contributed by atoms with van der Waals surface area (Å²) in [6.07, 6.45) is 1.44. The van der Waals surface area contributed by atoms with E-state index in [2.05, 4.69) is 4.72 Å². The Morgan fingerprint density at radius 2 is 2.13 bits per heavy atom. The maximum Gasteiger partial charge on any atom is 0.335 e. The lowest BCUT2D eigenvalue weighted by Gasteiger charge is -2.35. The van der Waals surface area contributed by atoms with Gasteiger partial charge in [0.2, 0.25) is 10.0 Å². The van der Waals surface area contributed by atoms with Gasteiger partial charge in [0, 0.05) is 13.2 Å². The molecule has 1 fully saturated rings. The minimum absolute atomic E-state index is 0.112. The number of carbonyl (C=O) groups is 1. The van der Waals surface area contributed by atoms with E-state index in [1.807, 2.05) is 13.8 Å². The fraction of sp³-hybridized carbons (Fsp3) is 0.533. The predicted octanol–water partition coefficient (Wildman–Crippen LogP) is 2.01. The van der Waals surface area contributed by atoms with E-state index in [0.717, 1.165) is 24.6 Å². The Balaban J connectivity index is 2.12. The summed E-state index contributed by atoms with van der Waals surface area (Å²) in [6.45, 7) is 4.65. The summed E-state index contributed by atoms with van der Waals surface area (Å²) >= 11 is 0. The molecule has 0 saturated carbocycles. The van der Waals surface area contributed by atoms with E-state index < -0.39 is 27.4 Å². The molecular formula is C15H20FNO5S. The first-order valence-corrected chi connectivity index (χ1v) is 8.75. The Hall–Kier alpha value is -1.51. The van der Waals surface area contributed by atoms with Crippen molar-refractivity contribution < 1.29 is 27.4 Å². The summed E-state index contributed by atoms with van der Waals surface area (Å²) in [5.41, 5.74) is -0.707. The van der Waals surface area contributed by atoms with Gasteiger partial charge in [-0.2, -0.15) is 0 Å². The third-order valence-electron chi connectivity index (χ3n) is 3.79. The van der Waals surface area contributed by atoms with Crippen molar-refractivity contribution in [3.8, 4) is 0 Å². The van der Waals surface area contributed by atoms with Crippen LogP contribution in [0, 0.1) is 11.7 Å². The van der Waals surface area contributed by atoms with E-state index in [4.69, 9.17) is 9.84 Å². The van der Waals surface area contributed by atoms with Crippen LogP contribution in [0.3, 0.4) is 0 Å². The summed E-state index contributed by atoms with van der Waals surface area (Å²) in [5, 5.41) is 8.90. The molecule has 23 heavy (non-hydrogen) atoms. The molecule has 8 heteroatoms. The molecular weight excluding hydrogens is 325 g/mol. The molecule has 1 aromatic carbocycles. The van der Waals surface area contributed by atoms with Crippen molar-refractivity contribution in [1.82, 2.24) is 4.72 Å². The van der Waals surface area contributed by atoms with Crippen molar-refractivity contribution in [3.63, 3.8) is 0 Å². The predicted molar refractivity (Wildman–Crippen MR) is 81.3 cm³/mol. The SMILES string of the molecule is CC1(C)CC(CNS(=O)(=O)c2cc(F)cc(C(=O)O)c2)CCO1. The molecule has 0 radical (unpaired) electrons. The minimum Gasteiger partial charge on any atom is -0.478 e. The van der Waals surface area contributed by atoms with E-state index in [1.165, 1.54) is 0 Å². The molecule has 128 valence electrons. The van der Waals surface area contributed by atoms with Crippen molar-refractivity contribution in [2.75, 3.05) is 13.2 Å². The van der Waals surface area contributed by atoms with Gasteiger partial charge in [0.05, 0.1) is 16.1 Å². The molecule has 1 atom stereocenters. The maximum atomic E-state index is 13.4. The highest BCUT2D eigenvalue weighted by atomic mass is 32.2. The number of hydrogen-bond donors (Lipinski definition) is 2. The van der Waals surface area contributed by atoms with E-state index in [9.17, 15) is 17.6 Å². The number of rotatable bonds is 5. The first-order chi connectivity index (χ1) is 10.6. The summed E-state index contributed by atoms with van der Waals surface area (Å²) < 4.78 is 46.0. The van der Waals surface area contributed by atoms with Gasteiger partial charge in [-0.25, -0.2) is 22.3 Å². The minimum atomic E-state index is -3.97. The number of carboxylic acid groups (broad SMARTS) is 1. The second-order valence-electron chi connectivity index (χ2n) is 6.30. The fourth-order valence-electron chi connectivity index (χ4n) is 2.68. The Morgan fingerprint density at radius 1 is 1.43 bits per heavy atom. The molecule has 0 bridgehead atoms. The molecule has 2 N–H and O–H groups in total. The second kappa shape index (κ2) is 6.54. The van der Waals surface area contributed by atoms with E-state index in [1.54, 1.807) is 0 Å². The zero-order valence-electron chi connectivity index (χ0n) is 13.0. The highest BCUT2D eigenvalue weighted by Crippen LogP contribution is 2.28. The van der Waals surface area contributed by atoms with Crippen LogP contribution in [-0.4, -0.2) is 38.2 Å². The van der Waals surface area contributed by atoms with Crippen molar-refractivity contribution >= 4 is 16.0 Å². The molecule has 1 aliphatic heterocycles. The van der Waals surface area contributed by atoms with Gasteiger partial charge < -0.3 is 9.84 Å². The van der Waals surface area contributed by atoms with Gasteiger partial charge in [0.25, 0.3) is 0 Å². The van der Waals surface area contributed by atoms with Crippen molar-refractivity contribution in [2.24, 2.45) is 5.92 Å². The number of aromatic carboxylic acids is 1. The van der Waals surface area contributed by atoms with E-state index in [-0.39, 0.29) is 23.0 Å². The summed E-state index contributed by atoms with van der Waals surface area (Å²) in [6, 6.07) is 2.53. The monoisotopic (exact) mass is 345 g/mol. The Kier molecular flexibility index (Phi) is 5.07. The molecule has 0 spiro atoms. The molecule has 0 amide bonds. The first kappa shape index (κ1) is 17.8. The molecule has 1 saturated heterocycles. The average Bonchev–Trinajstić information content (AvgIpc) is 2.43. The Labute approximate surface area is 134 Å². The summed E-state index contributed by atoms with van der Waals surface area (Å²) in [7, 11) is -3.97. The number of benzene rings is 1. The standard InChI is InChI=1S/C15H20FNO5S/c1-15(2)8-10(3-4-22-15)9-17-23(20,21)13-6-11(14(18)19)5-12(16)7-13/h5-7,10,17H,3-4,8-9H2,1-2H3,(H,18,19). The van der Waals surface area contributed by atoms with Crippen molar-refractivity contribution in [1.29, 1.82) is 0 Å². The largest absolute Gasteiger partial charge is 0.478 e. The van der Waals surface area contributed by atoms with Crippen molar-refractivity contribution in [3.05, 3.63) is 29.6 Å². The number of hydrogen-bond acceptors (Lipinski definition) is 4. The van der Waals surface area contributed by atoms with Crippen LogP contribution in [0.4, 0.5) is 4.39 Å². The average molecular weight is 345 g/mol. The molecule has 2 rings (SSSR count). The van der Waals surface area contributed by atoms with Gasteiger partial charge in [-0.3, -0.25) is 0 Å². The number of sulfonamides is 1. The molecule has 1 aromatic rings. The van der Waals surface area contributed by atoms with Crippen LogP contribution in [-0.2, 0) is 14.8 Å². The zero-order chi connectivity index (χ0) is 17.3. The van der Waals surface area contributed by atoms with Gasteiger partial charge in [0.15, 0.2) is 0 Å². The molecule has 1 unspecified atom stereocenters. The molecule has 6 nitrogen and oxygen atoms in total. The molecule has 0 aromatic heterocycles. The van der Waals surface area contributed by atoms with Crippen molar-refractivity contribution in [2.45, 2.75) is 37.2 Å². The molecule has 1 aliphatic rings. The lowest BCUT2D eigenvalue weighted by atomic mass is 9.89. The van der Waals surface area contributed by atoms with Crippen LogP contribution in [0.25, 0.3) is 0 Å². The van der Waals surface area contributed by atoms with Crippen LogP contribution in [0.15, 0.2) is 23.1 Å². The number of ether oxygens (including phenoxy) is 1. The van der Waals surface area contributed by atoms with E-state index in [0.29, 0.717) is 13.0 Å². The van der Waals surface area contributed by atoms with Crippen LogP contribution in [0.1, 0.15) is 37.0 Å². The molecule has 0 aliphatic carbocycles. The van der Waals surface area contributed by atoms with Crippen LogP contribution in [0.2, 0.25) is 0 Å².